The van der Waals surface area contributed by atoms with E-state index >= 15 is 0 Å². The summed E-state index contributed by atoms with van der Waals surface area (Å²) < 4.78 is 0. The molecule has 0 fully saturated rings. The molecule has 1 aromatic rings. The van der Waals surface area contributed by atoms with Gasteiger partial charge in [-0.1, -0.05) is 0 Å². The fourth-order valence-electron chi connectivity index (χ4n) is 1.15. The van der Waals surface area contributed by atoms with Gasteiger partial charge in [-0.15, -0.1) is 0 Å². The number of nitrogens with two attached hydrogens (primary N) is 1. The van der Waals surface area contributed by atoms with Crippen LogP contribution >= 0.6 is 0 Å². The van der Waals surface area contributed by atoms with Crippen LogP contribution in [0.25, 0.3) is 0 Å². The van der Waals surface area contributed by atoms with Crippen molar-refractivity contribution in [2.24, 2.45) is 0 Å². The molecule has 0 saturated heterocycles. The largest absolute Gasteiger partial charge is 0.399 e. The van der Waals surface area contributed by atoms with Crippen molar-refractivity contribution in [3.05, 3.63) is 24.3 Å². The lowest BCUT2D eigenvalue weighted by Gasteiger charge is -2.35. The summed E-state index contributed by atoms with van der Waals surface area (Å²) in [7, 11) is 1.96. The Labute approximate surface area is 85.2 Å². The molecule has 0 radical (unpaired) electrons. The van der Waals surface area contributed by atoms with Crippen LogP contribution in [-0.2, 0) is 0 Å². The SMILES string of the molecule is CN(c1ccc(N)cc1)C(C)(C)CO. The van der Waals surface area contributed by atoms with E-state index in [2.05, 4.69) is 0 Å². The van der Waals surface area contributed by atoms with Gasteiger partial charge >= 0.3 is 0 Å². The van der Waals surface area contributed by atoms with Crippen LogP contribution in [0.5, 0.6) is 0 Å². The van der Waals surface area contributed by atoms with Crippen LogP contribution in [0.4, 0.5) is 11.4 Å². The number of benzene rings is 1. The molecule has 1 rings (SSSR count). The number of aliphatic hydroxyl groups excluding tert-OH is 1. The van der Waals surface area contributed by atoms with Gasteiger partial charge in [-0.3, -0.25) is 0 Å². The second-order valence-corrected chi connectivity index (χ2v) is 4.12. The number of aliphatic hydroxyl groups is 1. The Bertz CT molecular complexity index is 293. The first kappa shape index (κ1) is 10.9. The quantitative estimate of drug-likeness (QED) is 0.716. The number of nitrogens with zero attached hydrogens (tertiary/aromatic N) is 1. The van der Waals surface area contributed by atoms with Crippen LogP contribution in [0.15, 0.2) is 24.3 Å². The van der Waals surface area contributed by atoms with E-state index in [-0.39, 0.29) is 12.1 Å². The van der Waals surface area contributed by atoms with Crippen molar-refractivity contribution in [2.45, 2.75) is 19.4 Å². The van der Waals surface area contributed by atoms with E-state index in [1.807, 2.05) is 50.1 Å². The second kappa shape index (κ2) is 3.88. The summed E-state index contributed by atoms with van der Waals surface area (Å²) in [6, 6.07) is 7.62. The molecule has 0 spiro atoms. The lowest BCUT2D eigenvalue weighted by molar-refractivity contribution is 0.216. The molecule has 3 N–H and O–H groups in total. The number of hydrogen-bond acceptors (Lipinski definition) is 3. The number of nitrogen functional groups attached to an aromatic ring is 1. The average Bonchev–Trinajstić information content (AvgIpc) is 2.18. The van der Waals surface area contributed by atoms with Crippen LogP contribution in [0.3, 0.4) is 0 Å². The fraction of sp³-hybridized carbons (Fsp3) is 0.455. The van der Waals surface area contributed by atoms with Gasteiger partial charge in [0.05, 0.1) is 12.1 Å². The molecule has 78 valence electrons. The van der Waals surface area contributed by atoms with Gasteiger partial charge in [0, 0.05) is 18.4 Å². The lowest BCUT2D eigenvalue weighted by Crippen LogP contribution is -2.44. The predicted molar refractivity (Wildman–Crippen MR) is 60.4 cm³/mol. The second-order valence-electron chi connectivity index (χ2n) is 4.12. The molecule has 0 aliphatic heterocycles. The highest BCUT2D eigenvalue weighted by Gasteiger charge is 2.22. The van der Waals surface area contributed by atoms with E-state index in [9.17, 15) is 5.11 Å². The number of hydrogen-bond donors (Lipinski definition) is 2. The van der Waals surface area contributed by atoms with Gasteiger partial charge in [-0.05, 0) is 38.1 Å². The highest BCUT2D eigenvalue weighted by molar-refractivity contribution is 5.54. The molecule has 0 bridgehead atoms. The van der Waals surface area contributed by atoms with E-state index in [0.717, 1.165) is 11.4 Å². The van der Waals surface area contributed by atoms with Gasteiger partial charge in [-0.25, -0.2) is 0 Å². The van der Waals surface area contributed by atoms with Crippen molar-refractivity contribution in [3.63, 3.8) is 0 Å². The monoisotopic (exact) mass is 194 g/mol. The summed E-state index contributed by atoms with van der Waals surface area (Å²) in [6.07, 6.45) is 0. The summed E-state index contributed by atoms with van der Waals surface area (Å²) in [6.45, 7) is 4.10. The molecule has 3 nitrogen and oxygen atoms in total. The molecule has 0 saturated carbocycles. The third-order valence-corrected chi connectivity index (χ3v) is 2.58. The Kier molecular flexibility index (Phi) is 3.01. The highest BCUT2D eigenvalue weighted by atomic mass is 16.3. The zero-order chi connectivity index (χ0) is 10.8. The molecular formula is C11H18N2O. The van der Waals surface area contributed by atoms with Crippen LogP contribution < -0.4 is 10.6 Å². The molecule has 0 heterocycles. The van der Waals surface area contributed by atoms with E-state index < -0.39 is 0 Å². The first-order valence-electron chi connectivity index (χ1n) is 4.67. The average molecular weight is 194 g/mol. The van der Waals surface area contributed by atoms with E-state index in [1.165, 1.54) is 0 Å². The number of rotatable bonds is 3. The van der Waals surface area contributed by atoms with Gasteiger partial charge in [0.1, 0.15) is 0 Å². The Hall–Kier alpha value is -1.22. The third kappa shape index (κ3) is 2.17. The van der Waals surface area contributed by atoms with Crippen LogP contribution in [0.1, 0.15) is 13.8 Å². The van der Waals surface area contributed by atoms with Crippen molar-refractivity contribution < 1.29 is 5.11 Å². The predicted octanol–water partition coefficient (Wildman–Crippen LogP) is 1.48. The maximum atomic E-state index is 9.21. The first-order chi connectivity index (χ1) is 6.47. The summed E-state index contributed by atoms with van der Waals surface area (Å²) in [5.74, 6) is 0. The molecule has 0 aliphatic rings. The summed E-state index contributed by atoms with van der Waals surface area (Å²) in [5.41, 5.74) is 7.15. The first-order valence-corrected chi connectivity index (χ1v) is 4.67. The fourth-order valence-corrected chi connectivity index (χ4v) is 1.15. The maximum absolute atomic E-state index is 9.21. The standard InChI is InChI=1S/C11H18N2O/c1-11(2,8-14)13(3)10-6-4-9(12)5-7-10/h4-7,14H,8,12H2,1-3H3. The van der Waals surface area contributed by atoms with Crippen LogP contribution in [0, 0.1) is 0 Å². The molecule has 1 aromatic carbocycles. The van der Waals surface area contributed by atoms with Gasteiger partial charge in [0.15, 0.2) is 0 Å². The lowest BCUT2D eigenvalue weighted by atomic mass is 10.0. The van der Waals surface area contributed by atoms with Crippen LogP contribution in [0.2, 0.25) is 0 Å². The smallest absolute Gasteiger partial charge is 0.0658 e. The van der Waals surface area contributed by atoms with Gasteiger partial charge in [0.25, 0.3) is 0 Å². The molecule has 0 amide bonds. The van der Waals surface area contributed by atoms with Crippen LogP contribution in [-0.4, -0.2) is 24.3 Å². The minimum Gasteiger partial charge on any atom is -0.399 e. The molecular weight excluding hydrogens is 176 g/mol. The topological polar surface area (TPSA) is 49.5 Å². The van der Waals surface area contributed by atoms with Gasteiger partial charge < -0.3 is 15.7 Å². The normalized spacial score (nSPS) is 11.4. The van der Waals surface area contributed by atoms with Crippen molar-refractivity contribution in [3.8, 4) is 0 Å². The van der Waals surface area contributed by atoms with Crippen molar-refractivity contribution in [2.75, 3.05) is 24.3 Å². The molecule has 0 unspecified atom stereocenters. The van der Waals surface area contributed by atoms with Gasteiger partial charge in [-0.2, -0.15) is 0 Å². The highest BCUT2D eigenvalue weighted by Crippen LogP contribution is 2.22. The Balaban J connectivity index is 2.89. The molecule has 14 heavy (non-hydrogen) atoms. The van der Waals surface area contributed by atoms with Crippen molar-refractivity contribution in [1.29, 1.82) is 0 Å². The maximum Gasteiger partial charge on any atom is 0.0658 e. The molecule has 0 atom stereocenters. The minimum atomic E-state index is -0.254. The summed E-state index contributed by atoms with van der Waals surface area (Å²) in [5, 5.41) is 9.21. The molecule has 0 aromatic heterocycles. The van der Waals surface area contributed by atoms with Crippen molar-refractivity contribution >= 4 is 11.4 Å². The summed E-state index contributed by atoms with van der Waals surface area (Å²) in [4.78, 5) is 2.03. The summed E-state index contributed by atoms with van der Waals surface area (Å²) >= 11 is 0. The number of anilines is 2. The molecule has 0 aliphatic carbocycles. The zero-order valence-corrected chi connectivity index (χ0v) is 8.99. The Morgan fingerprint density at radius 2 is 1.79 bits per heavy atom. The molecule has 3 heteroatoms. The third-order valence-electron chi connectivity index (χ3n) is 2.58. The van der Waals surface area contributed by atoms with E-state index in [1.54, 1.807) is 0 Å². The van der Waals surface area contributed by atoms with Gasteiger partial charge in [0.2, 0.25) is 0 Å². The Morgan fingerprint density at radius 1 is 1.29 bits per heavy atom. The number of likely N-dealkylation sites (N-methyl/N-ethyl adjacent to an activating group) is 1. The minimum absolute atomic E-state index is 0.119. The Morgan fingerprint density at radius 3 is 2.21 bits per heavy atom. The van der Waals surface area contributed by atoms with E-state index in [4.69, 9.17) is 5.73 Å². The zero-order valence-electron chi connectivity index (χ0n) is 8.99. The van der Waals surface area contributed by atoms with Crippen molar-refractivity contribution in [1.82, 2.24) is 0 Å². The van der Waals surface area contributed by atoms with E-state index in [0.29, 0.717) is 0 Å².